The van der Waals surface area contributed by atoms with Crippen LogP contribution in [-0.2, 0) is 5.41 Å². The molecule has 0 atom stereocenters. The maximum atomic E-state index is 5.95. The van der Waals surface area contributed by atoms with Crippen molar-refractivity contribution >= 4 is 32.9 Å². The molecule has 1 aliphatic carbocycles. The third-order valence-corrected chi connectivity index (χ3v) is 12.4. The summed E-state index contributed by atoms with van der Waals surface area (Å²) in [5, 5.41) is 2.36. The summed E-state index contributed by atoms with van der Waals surface area (Å²) in [6.45, 7) is 4.61. The molecule has 12 rings (SSSR count). The first-order valence-electron chi connectivity index (χ1n) is 20.6. The molecule has 1 aliphatic rings. The summed E-state index contributed by atoms with van der Waals surface area (Å²) in [7, 11) is 0. The lowest BCUT2D eigenvalue weighted by Gasteiger charge is -2.22. The summed E-state index contributed by atoms with van der Waals surface area (Å²) in [5.74, 6) is 1.89. The minimum atomic E-state index is -0.195. The number of benzene rings is 8. The molecule has 6 nitrogen and oxygen atoms in total. The van der Waals surface area contributed by atoms with Gasteiger partial charge in [-0.05, 0) is 87.5 Å². The molecule has 6 heteroatoms. The minimum absolute atomic E-state index is 0.195. The monoisotopic (exact) mass is 783 g/mol. The molecule has 0 aliphatic heterocycles. The van der Waals surface area contributed by atoms with E-state index in [1.165, 1.54) is 44.2 Å². The first-order valence-corrected chi connectivity index (χ1v) is 20.6. The smallest absolute Gasteiger partial charge is 0.182 e. The van der Waals surface area contributed by atoms with Gasteiger partial charge in [-0.1, -0.05) is 147 Å². The first-order chi connectivity index (χ1) is 30.0. The van der Waals surface area contributed by atoms with Crippen molar-refractivity contribution in [3.8, 4) is 73.2 Å². The second-order valence-corrected chi connectivity index (χ2v) is 16.3. The Hall–Kier alpha value is -7.96. The highest BCUT2D eigenvalue weighted by Gasteiger charge is 2.37. The van der Waals surface area contributed by atoms with E-state index in [0.717, 1.165) is 55.6 Å². The van der Waals surface area contributed by atoms with Crippen molar-refractivity contribution in [3.05, 3.63) is 200 Å². The zero-order chi connectivity index (χ0) is 40.7. The Kier molecular flexibility index (Phi) is 7.78. The van der Waals surface area contributed by atoms with Crippen molar-refractivity contribution in [2.24, 2.45) is 0 Å². The summed E-state index contributed by atoms with van der Waals surface area (Å²) in [6.07, 6.45) is 1.55. The van der Waals surface area contributed by atoms with E-state index in [-0.39, 0.29) is 5.41 Å². The molecule has 0 unspecified atom stereocenters. The summed E-state index contributed by atoms with van der Waals surface area (Å²) in [6, 6.07) is 64.3. The van der Waals surface area contributed by atoms with E-state index in [0.29, 0.717) is 17.5 Å². The second-order valence-electron chi connectivity index (χ2n) is 16.3. The van der Waals surface area contributed by atoms with Crippen molar-refractivity contribution in [3.63, 3.8) is 0 Å². The van der Waals surface area contributed by atoms with Gasteiger partial charge in [-0.3, -0.25) is 0 Å². The van der Waals surface area contributed by atoms with Crippen molar-refractivity contribution in [1.29, 1.82) is 0 Å². The van der Waals surface area contributed by atoms with Gasteiger partial charge in [0.1, 0.15) is 5.52 Å². The van der Waals surface area contributed by atoms with Gasteiger partial charge in [0, 0.05) is 44.1 Å². The van der Waals surface area contributed by atoms with E-state index in [2.05, 4.69) is 145 Å². The molecule has 0 saturated carbocycles. The average molecular weight is 784 g/mol. The molecule has 0 spiro atoms. The molecule has 0 amide bonds. The Morgan fingerprint density at radius 3 is 1.62 bits per heavy atom. The van der Waals surface area contributed by atoms with Gasteiger partial charge in [0.2, 0.25) is 0 Å². The van der Waals surface area contributed by atoms with E-state index in [4.69, 9.17) is 19.4 Å². The highest BCUT2D eigenvalue weighted by molar-refractivity contribution is 6.12. The molecule has 0 saturated heterocycles. The highest BCUT2D eigenvalue weighted by Crippen LogP contribution is 2.52. The number of nitrogens with zero attached hydrogens (tertiary/aromatic N) is 5. The molecule has 0 radical (unpaired) electrons. The molecule has 8 aromatic carbocycles. The Balaban J connectivity index is 1.03. The number of fused-ring (bicyclic) bond motifs is 8. The molecule has 11 aromatic rings. The third kappa shape index (κ3) is 5.64. The van der Waals surface area contributed by atoms with Crippen LogP contribution in [-0.4, -0.2) is 24.5 Å². The summed E-state index contributed by atoms with van der Waals surface area (Å²) < 4.78 is 8.32. The van der Waals surface area contributed by atoms with Crippen LogP contribution in [0, 0.1) is 0 Å². The number of oxazole rings is 1. The van der Waals surface area contributed by atoms with E-state index in [9.17, 15) is 0 Å². The number of hydrogen-bond acceptors (Lipinski definition) is 5. The van der Waals surface area contributed by atoms with Crippen molar-refractivity contribution < 1.29 is 4.42 Å². The summed E-state index contributed by atoms with van der Waals surface area (Å²) >= 11 is 0. The lowest BCUT2D eigenvalue weighted by molar-refractivity contribution is 0.601. The Morgan fingerprint density at radius 1 is 0.443 bits per heavy atom. The van der Waals surface area contributed by atoms with Crippen molar-refractivity contribution in [2.75, 3.05) is 0 Å². The van der Waals surface area contributed by atoms with Crippen LogP contribution in [0.4, 0.5) is 0 Å². The first kappa shape index (κ1) is 35.0. The quantitative estimate of drug-likeness (QED) is 0.168. The van der Waals surface area contributed by atoms with Gasteiger partial charge in [-0.25, -0.2) is 19.9 Å². The zero-order valence-corrected chi connectivity index (χ0v) is 33.5. The minimum Gasteiger partial charge on any atom is -0.443 e. The largest absolute Gasteiger partial charge is 0.443 e. The summed E-state index contributed by atoms with van der Waals surface area (Å²) in [4.78, 5) is 19.5. The topological polar surface area (TPSA) is 69.6 Å². The maximum absolute atomic E-state index is 5.95. The van der Waals surface area contributed by atoms with Crippen LogP contribution in [0.25, 0.3) is 106 Å². The van der Waals surface area contributed by atoms with Crippen molar-refractivity contribution in [2.45, 2.75) is 19.3 Å². The van der Waals surface area contributed by atoms with Crippen LogP contribution in [0.2, 0.25) is 0 Å². The highest BCUT2D eigenvalue weighted by atomic mass is 16.3. The van der Waals surface area contributed by atoms with Crippen LogP contribution >= 0.6 is 0 Å². The molecule has 3 aromatic heterocycles. The van der Waals surface area contributed by atoms with Crippen LogP contribution in [0.15, 0.2) is 193 Å². The lowest BCUT2D eigenvalue weighted by Crippen LogP contribution is -2.14. The van der Waals surface area contributed by atoms with Crippen molar-refractivity contribution in [1.82, 2.24) is 24.5 Å². The SMILES string of the molecule is CC1(C)c2cc(-c3ccc4c(c3)c3cc(-c5ccccc5)ccc3n4-c3cccc(-c4nc(-c5ccccc5)nc(-c5ccccc5)n4)c3)ccc2-c2c1ccc1ncoc21. The fraction of sp³-hybridized carbons (Fsp3) is 0.0545. The van der Waals surface area contributed by atoms with Gasteiger partial charge < -0.3 is 8.98 Å². The van der Waals surface area contributed by atoms with Gasteiger partial charge in [-0.15, -0.1) is 0 Å². The average Bonchev–Trinajstić information content (AvgIpc) is 4.00. The standard InChI is InChI=1S/C55H37N5O/c1-55(2)45-25-26-47-51(61-33-56-47)50(45)42-24-21-39(32-46(42)55)38-23-28-49-44(31-38)43-30-37(34-13-6-3-7-14-34)22-27-48(43)60(49)41-20-12-19-40(29-41)54-58-52(35-15-8-4-9-16-35)57-53(59-54)36-17-10-5-11-18-36/h3-33H,1-2H3. The van der Waals surface area contributed by atoms with E-state index < -0.39 is 0 Å². The molecule has 3 heterocycles. The normalized spacial score (nSPS) is 12.9. The molecule has 0 N–H and O–H groups in total. The third-order valence-electron chi connectivity index (χ3n) is 12.4. The van der Waals surface area contributed by atoms with Crippen LogP contribution < -0.4 is 0 Å². The van der Waals surface area contributed by atoms with Gasteiger partial charge in [0.15, 0.2) is 29.4 Å². The van der Waals surface area contributed by atoms with E-state index in [1.807, 2.05) is 60.7 Å². The predicted molar refractivity (Wildman–Crippen MR) is 246 cm³/mol. The van der Waals surface area contributed by atoms with Crippen LogP contribution in [0.1, 0.15) is 25.0 Å². The lowest BCUT2D eigenvalue weighted by atomic mass is 9.81. The second kappa shape index (κ2) is 13.5. The van der Waals surface area contributed by atoms with E-state index >= 15 is 0 Å². The Bertz CT molecular complexity index is 3440. The molecular weight excluding hydrogens is 747 g/mol. The molecular formula is C55H37N5O. The van der Waals surface area contributed by atoms with Crippen LogP contribution in [0.5, 0.6) is 0 Å². The summed E-state index contributed by atoms with van der Waals surface area (Å²) in [5.41, 5.74) is 17.2. The van der Waals surface area contributed by atoms with Gasteiger partial charge in [-0.2, -0.15) is 0 Å². The van der Waals surface area contributed by atoms with E-state index in [1.54, 1.807) is 6.39 Å². The Labute approximate surface area is 352 Å². The van der Waals surface area contributed by atoms with Gasteiger partial charge >= 0.3 is 0 Å². The maximum Gasteiger partial charge on any atom is 0.182 e. The number of hydrogen-bond donors (Lipinski definition) is 0. The van der Waals surface area contributed by atoms with Gasteiger partial charge in [0.25, 0.3) is 0 Å². The van der Waals surface area contributed by atoms with Gasteiger partial charge in [0.05, 0.1) is 11.0 Å². The molecule has 0 bridgehead atoms. The molecule has 61 heavy (non-hydrogen) atoms. The zero-order valence-electron chi connectivity index (χ0n) is 33.5. The molecule has 0 fully saturated rings. The fourth-order valence-electron chi connectivity index (χ4n) is 9.33. The number of rotatable bonds is 6. The fourth-order valence-corrected chi connectivity index (χ4v) is 9.33. The predicted octanol–water partition coefficient (Wildman–Crippen LogP) is 13.8. The Morgan fingerprint density at radius 2 is 0.984 bits per heavy atom. The number of aromatic nitrogens is 5. The van der Waals surface area contributed by atoms with Crippen LogP contribution in [0.3, 0.4) is 0 Å². The molecule has 288 valence electrons.